The van der Waals surface area contributed by atoms with Crippen molar-refractivity contribution in [2.24, 2.45) is 5.92 Å². The molecule has 4 rings (SSSR count). The fraction of sp³-hybridized carbons (Fsp3) is 0.500. The Morgan fingerprint density at radius 3 is 2.58 bits per heavy atom. The Morgan fingerprint density at radius 1 is 1.12 bits per heavy atom. The average Bonchev–Trinajstić information content (AvgIpc) is 3.34. The summed E-state index contributed by atoms with van der Waals surface area (Å²) < 4.78 is 27.2. The van der Waals surface area contributed by atoms with Gasteiger partial charge in [-0.25, -0.2) is 8.42 Å². The van der Waals surface area contributed by atoms with Crippen LogP contribution in [-0.2, 0) is 21.2 Å². The quantitative estimate of drug-likeness (QED) is 0.780. The predicted molar refractivity (Wildman–Crippen MR) is 104 cm³/mol. The van der Waals surface area contributed by atoms with Crippen LogP contribution in [0.25, 0.3) is 0 Å². The van der Waals surface area contributed by atoms with Gasteiger partial charge in [0.05, 0.1) is 6.04 Å². The molecular formula is C18H22N2O3S3. The number of amides is 1. The maximum absolute atomic E-state index is 13.0. The third-order valence-electron chi connectivity index (χ3n) is 5.45. The van der Waals surface area contributed by atoms with Crippen LogP contribution in [0.5, 0.6) is 0 Å². The molecule has 0 aliphatic carbocycles. The summed E-state index contributed by atoms with van der Waals surface area (Å²) >= 11 is 3.01. The van der Waals surface area contributed by atoms with E-state index in [0.717, 1.165) is 13.0 Å². The van der Waals surface area contributed by atoms with E-state index in [1.165, 1.54) is 26.1 Å². The molecule has 0 spiro atoms. The minimum atomic E-state index is -3.41. The third-order valence-corrected chi connectivity index (χ3v) is 9.72. The van der Waals surface area contributed by atoms with Crippen LogP contribution in [0.4, 0.5) is 0 Å². The Hall–Kier alpha value is -1.22. The molecule has 26 heavy (non-hydrogen) atoms. The summed E-state index contributed by atoms with van der Waals surface area (Å²) in [5.41, 5.74) is 1.27. The first-order valence-corrected chi connectivity index (χ1v) is 12.1. The lowest BCUT2D eigenvalue weighted by molar-refractivity contribution is -0.139. The van der Waals surface area contributed by atoms with Crippen LogP contribution in [0, 0.1) is 5.92 Å². The lowest BCUT2D eigenvalue weighted by atomic mass is 9.93. The average molecular weight is 411 g/mol. The first kappa shape index (κ1) is 18.2. The Morgan fingerprint density at radius 2 is 1.88 bits per heavy atom. The second-order valence-corrected chi connectivity index (χ2v) is 11.0. The van der Waals surface area contributed by atoms with E-state index in [1.54, 1.807) is 28.8 Å². The lowest BCUT2D eigenvalue weighted by Gasteiger charge is -2.38. The molecule has 8 heteroatoms. The van der Waals surface area contributed by atoms with Gasteiger partial charge in [0.25, 0.3) is 10.0 Å². The summed E-state index contributed by atoms with van der Waals surface area (Å²) in [5, 5.41) is 3.88. The molecule has 2 aromatic rings. The van der Waals surface area contributed by atoms with Crippen LogP contribution in [0.1, 0.15) is 36.2 Å². The molecule has 1 amide bonds. The molecule has 0 radical (unpaired) electrons. The van der Waals surface area contributed by atoms with Crippen molar-refractivity contribution in [3.05, 3.63) is 39.4 Å². The second kappa shape index (κ2) is 7.07. The molecule has 5 nitrogen and oxygen atoms in total. The van der Waals surface area contributed by atoms with Crippen LogP contribution in [0.3, 0.4) is 0 Å². The van der Waals surface area contributed by atoms with Crippen LogP contribution in [-0.4, -0.2) is 43.2 Å². The minimum Gasteiger partial charge on any atom is -0.335 e. The maximum Gasteiger partial charge on any atom is 0.252 e. The molecule has 2 aromatic heterocycles. The van der Waals surface area contributed by atoms with Crippen LogP contribution >= 0.6 is 22.7 Å². The normalized spacial score (nSPS) is 22.3. The van der Waals surface area contributed by atoms with E-state index >= 15 is 0 Å². The van der Waals surface area contributed by atoms with Gasteiger partial charge in [-0.2, -0.15) is 4.31 Å². The van der Waals surface area contributed by atoms with Gasteiger partial charge in [-0.1, -0.05) is 6.07 Å². The topological polar surface area (TPSA) is 57.7 Å². The van der Waals surface area contributed by atoms with E-state index in [4.69, 9.17) is 0 Å². The highest BCUT2D eigenvalue weighted by Gasteiger charge is 2.36. The zero-order valence-electron chi connectivity index (χ0n) is 14.6. The monoisotopic (exact) mass is 410 g/mol. The van der Waals surface area contributed by atoms with Crippen molar-refractivity contribution in [1.29, 1.82) is 0 Å². The van der Waals surface area contributed by atoms with E-state index in [-0.39, 0.29) is 17.9 Å². The van der Waals surface area contributed by atoms with Gasteiger partial charge in [0.1, 0.15) is 4.21 Å². The Bertz CT molecular complexity index is 881. The molecule has 0 saturated carbocycles. The number of thiophene rings is 2. The number of carbonyl (C=O) groups is 1. The summed E-state index contributed by atoms with van der Waals surface area (Å²) in [7, 11) is -3.41. The third kappa shape index (κ3) is 3.13. The molecule has 4 heterocycles. The van der Waals surface area contributed by atoms with Crippen LogP contribution in [0.2, 0.25) is 0 Å². The number of sulfonamides is 1. The number of hydrogen-bond donors (Lipinski definition) is 0. The van der Waals surface area contributed by atoms with Gasteiger partial charge in [-0.3, -0.25) is 4.79 Å². The molecule has 2 aliphatic rings. The smallest absolute Gasteiger partial charge is 0.252 e. The van der Waals surface area contributed by atoms with E-state index in [1.807, 2.05) is 4.90 Å². The summed E-state index contributed by atoms with van der Waals surface area (Å²) in [5.74, 6) is 0.106. The van der Waals surface area contributed by atoms with Crippen molar-refractivity contribution in [1.82, 2.24) is 9.21 Å². The second-order valence-electron chi connectivity index (χ2n) is 6.87. The van der Waals surface area contributed by atoms with Crippen molar-refractivity contribution in [2.45, 2.75) is 36.4 Å². The summed E-state index contributed by atoms with van der Waals surface area (Å²) in [6, 6.07) is 5.64. The lowest BCUT2D eigenvalue weighted by Crippen LogP contribution is -2.46. The number of hydrogen-bond acceptors (Lipinski definition) is 5. The number of fused-ring (bicyclic) bond motifs is 1. The van der Waals surface area contributed by atoms with Crippen molar-refractivity contribution < 1.29 is 13.2 Å². The molecule has 0 unspecified atom stereocenters. The Balaban J connectivity index is 1.42. The number of carbonyl (C=O) groups excluding carboxylic acids is 1. The largest absolute Gasteiger partial charge is 0.335 e. The van der Waals surface area contributed by atoms with Gasteiger partial charge >= 0.3 is 0 Å². The highest BCUT2D eigenvalue weighted by molar-refractivity contribution is 7.91. The molecule has 1 saturated heterocycles. The molecule has 0 aromatic carbocycles. The first-order valence-electron chi connectivity index (χ1n) is 8.89. The minimum absolute atomic E-state index is 0.0765. The van der Waals surface area contributed by atoms with Gasteiger partial charge in [0.2, 0.25) is 5.91 Å². The fourth-order valence-electron chi connectivity index (χ4n) is 3.93. The molecule has 2 aliphatic heterocycles. The Labute approximate surface area is 162 Å². The van der Waals surface area contributed by atoms with Gasteiger partial charge in [-0.15, -0.1) is 22.7 Å². The Kier molecular flexibility index (Phi) is 4.94. The molecule has 0 N–H and O–H groups in total. The van der Waals surface area contributed by atoms with Crippen molar-refractivity contribution >= 4 is 38.6 Å². The van der Waals surface area contributed by atoms with Crippen molar-refractivity contribution in [3.8, 4) is 0 Å². The highest BCUT2D eigenvalue weighted by Crippen LogP contribution is 2.35. The number of rotatable bonds is 3. The molecule has 140 valence electrons. The fourth-order valence-corrected chi connectivity index (χ4v) is 7.50. The zero-order valence-corrected chi connectivity index (χ0v) is 17.1. The predicted octanol–water partition coefficient (Wildman–Crippen LogP) is 3.36. The van der Waals surface area contributed by atoms with Gasteiger partial charge in [-0.05, 0) is 54.6 Å². The number of nitrogens with zero attached hydrogens (tertiary/aromatic N) is 2. The van der Waals surface area contributed by atoms with E-state index in [9.17, 15) is 13.2 Å². The van der Waals surface area contributed by atoms with Crippen molar-refractivity contribution in [3.63, 3.8) is 0 Å². The number of piperidine rings is 1. The van der Waals surface area contributed by atoms with E-state index in [2.05, 4.69) is 18.4 Å². The molecule has 1 fully saturated rings. The standard InChI is InChI=1S/C18H22N2O3S3/c1-13-15-7-12-24-16(15)6-10-20(13)18(21)14-4-8-19(9-5-14)26(22,23)17-3-2-11-25-17/h2-3,7,11-14H,4-6,8-10H2,1H3/t13-/m0/s1. The highest BCUT2D eigenvalue weighted by atomic mass is 32.2. The SMILES string of the molecule is C[C@H]1c2ccsc2CCN1C(=O)C1CCN(S(=O)(=O)c2cccs2)CC1. The molecule has 1 atom stereocenters. The van der Waals surface area contributed by atoms with Gasteiger partial charge < -0.3 is 4.90 Å². The zero-order chi connectivity index (χ0) is 18.3. The van der Waals surface area contributed by atoms with Crippen LogP contribution < -0.4 is 0 Å². The van der Waals surface area contributed by atoms with Gasteiger partial charge in [0, 0.05) is 30.4 Å². The van der Waals surface area contributed by atoms with Crippen LogP contribution in [0.15, 0.2) is 33.2 Å². The summed E-state index contributed by atoms with van der Waals surface area (Å²) in [6.45, 7) is 3.70. The van der Waals surface area contributed by atoms with Crippen molar-refractivity contribution in [2.75, 3.05) is 19.6 Å². The molecular weight excluding hydrogens is 388 g/mol. The maximum atomic E-state index is 13.0. The summed E-state index contributed by atoms with van der Waals surface area (Å²) in [4.78, 5) is 16.4. The van der Waals surface area contributed by atoms with E-state index < -0.39 is 10.0 Å². The molecule has 0 bridgehead atoms. The van der Waals surface area contributed by atoms with E-state index in [0.29, 0.717) is 30.1 Å². The van der Waals surface area contributed by atoms with Gasteiger partial charge in [0.15, 0.2) is 0 Å². The first-order chi connectivity index (χ1) is 12.5. The summed E-state index contributed by atoms with van der Waals surface area (Å²) in [6.07, 6.45) is 2.13.